The van der Waals surface area contributed by atoms with Gasteiger partial charge in [-0.05, 0) is 11.8 Å². The molecule has 0 aliphatic carbocycles. The van der Waals surface area contributed by atoms with E-state index in [9.17, 15) is 0 Å². The van der Waals surface area contributed by atoms with Crippen molar-refractivity contribution >= 4 is 39.6 Å². The van der Waals surface area contributed by atoms with E-state index in [1.807, 2.05) is 35.7 Å². The lowest BCUT2D eigenvalue weighted by Gasteiger charge is -1.93. The van der Waals surface area contributed by atoms with Gasteiger partial charge in [-0.1, -0.05) is 41.7 Å². The SMILES string of the molecule is Nc1nnc(Sc2nc(-c3ccccc3)cs2)s1. The molecule has 0 aliphatic rings. The van der Waals surface area contributed by atoms with Crippen LogP contribution in [0.5, 0.6) is 0 Å². The van der Waals surface area contributed by atoms with Gasteiger partial charge in [0.25, 0.3) is 0 Å². The number of benzene rings is 1. The molecule has 0 spiro atoms. The summed E-state index contributed by atoms with van der Waals surface area (Å²) in [6, 6.07) is 10.1. The first-order chi connectivity index (χ1) is 8.81. The molecule has 1 aromatic carbocycles. The third-order valence-corrected chi connectivity index (χ3v) is 4.89. The number of nitrogens with zero attached hydrogens (tertiary/aromatic N) is 3. The number of hydrogen-bond donors (Lipinski definition) is 1. The molecule has 0 unspecified atom stereocenters. The van der Waals surface area contributed by atoms with Crippen LogP contribution in [0.2, 0.25) is 0 Å². The van der Waals surface area contributed by atoms with Crippen molar-refractivity contribution in [1.82, 2.24) is 15.2 Å². The summed E-state index contributed by atoms with van der Waals surface area (Å²) in [4.78, 5) is 4.56. The normalized spacial score (nSPS) is 10.7. The summed E-state index contributed by atoms with van der Waals surface area (Å²) in [7, 11) is 0. The molecule has 0 fully saturated rings. The lowest BCUT2D eigenvalue weighted by molar-refractivity contribution is 1.02. The fourth-order valence-corrected chi connectivity index (χ4v) is 4.04. The number of hydrogen-bond acceptors (Lipinski definition) is 7. The molecular weight excluding hydrogens is 284 g/mol. The zero-order chi connectivity index (χ0) is 12.4. The highest BCUT2D eigenvalue weighted by Crippen LogP contribution is 2.34. The van der Waals surface area contributed by atoms with Crippen LogP contribution in [0.4, 0.5) is 5.13 Å². The van der Waals surface area contributed by atoms with Crippen molar-refractivity contribution in [1.29, 1.82) is 0 Å². The average Bonchev–Trinajstić information content (AvgIpc) is 3.01. The van der Waals surface area contributed by atoms with E-state index in [1.54, 1.807) is 11.3 Å². The van der Waals surface area contributed by atoms with Crippen LogP contribution in [0.1, 0.15) is 0 Å². The van der Waals surface area contributed by atoms with Crippen LogP contribution in [0.25, 0.3) is 11.3 Å². The van der Waals surface area contributed by atoms with Gasteiger partial charge >= 0.3 is 0 Å². The van der Waals surface area contributed by atoms with Gasteiger partial charge in [0.1, 0.15) is 0 Å². The molecule has 0 amide bonds. The quantitative estimate of drug-likeness (QED) is 0.801. The minimum absolute atomic E-state index is 0.484. The van der Waals surface area contributed by atoms with Crippen molar-refractivity contribution in [3.05, 3.63) is 35.7 Å². The van der Waals surface area contributed by atoms with E-state index in [0.29, 0.717) is 5.13 Å². The Kier molecular flexibility index (Phi) is 3.26. The molecule has 0 saturated carbocycles. The third-order valence-electron chi connectivity index (χ3n) is 2.15. The molecule has 0 bridgehead atoms. The molecule has 7 heteroatoms. The molecule has 3 aromatic rings. The Hall–Kier alpha value is -1.44. The van der Waals surface area contributed by atoms with Crippen LogP contribution in [-0.2, 0) is 0 Å². The van der Waals surface area contributed by atoms with Crippen molar-refractivity contribution < 1.29 is 0 Å². The Balaban J connectivity index is 1.82. The Labute approximate surface area is 116 Å². The summed E-state index contributed by atoms with van der Waals surface area (Å²) >= 11 is 4.47. The van der Waals surface area contributed by atoms with Gasteiger partial charge in [-0.25, -0.2) is 4.98 Å². The summed E-state index contributed by atoms with van der Waals surface area (Å²) in [5.41, 5.74) is 7.65. The molecule has 2 N–H and O–H groups in total. The van der Waals surface area contributed by atoms with E-state index in [0.717, 1.165) is 19.9 Å². The van der Waals surface area contributed by atoms with Gasteiger partial charge in [0.2, 0.25) is 5.13 Å². The summed E-state index contributed by atoms with van der Waals surface area (Å²) in [5, 5.41) is 10.3. The fraction of sp³-hybridized carbons (Fsp3) is 0. The smallest absolute Gasteiger partial charge is 0.203 e. The number of anilines is 1. The lowest BCUT2D eigenvalue weighted by atomic mass is 10.2. The molecule has 2 heterocycles. The first-order valence-corrected chi connectivity index (χ1v) is 7.60. The molecular formula is C11H8N4S3. The average molecular weight is 292 g/mol. The van der Waals surface area contributed by atoms with E-state index in [1.165, 1.54) is 23.1 Å². The zero-order valence-electron chi connectivity index (χ0n) is 9.11. The summed E-state index contributed by atoms with van der Waals surface area (Å²) < 4.78 is 1.77. The van der Waals surface area contributed by atoms with Gasteiger partial charge in [0.15, 0.2) is 8.68 Å². The number of nitrogens with two attached hydrogens (primary N) is 1. The van der Waals surface area contributed by atoms with Crippen LogP contribution >= 0.6 is 34.4 Å². The minimum Gasteiger partial charge on any atom is -0.374 e. The largest absolute Gasteiger partial charge is 0.374 e. The number of nitrogen functional groups attached to an aromatic ring is 1. The number of rotatable bonds is 3. The van der Waals surface area contributed by atoms with Crippen molar-refractivity contribution in [2.45, 2.75) is 8.68 Å². The maximum absolute atomic E-state index is 5.54. The molecule has 18 heavy (non-hydrogen) atoms. The number of aromatic nitrogens is 3. The zero-order valence-corrected chi connectivity index (χ0v) is 11.6. The molecule has 90 valence electrons. The van der Waals surface area contributed by atoms with Crippen LogP contribution in [-0.4, -0.2) is 15.2 Å². The predicted octanol–water partition coefficient (Wildman–Crippen LogP) is 3.40. The monoisotopic (exact) mass is 292 g/mol. The molecule has 3 rings (SSSR count). The highest BCUT2D eigenvalue weighted by Gasteiger charge is 2.08. The topological polar surface area (TPSA) is 64.7 Å². The minimum atomic E-state index is 0.484. The van der Waals surface area contributed by atoms with Crippen LogP contribution in [0, 0.1) is 0 Å². The maximum atomic E-state index is 5.54. The molecule has 0 atom stereocenters. The Morgan fingerprint density at radius 3 is 2.61 bits per heavy atom. The number of thiazole rings is 1. The van der Waals surface area contributed by atoms with E-state index in [-0.39, 0.29) is 0 Å². The standard InChI is InChI=1S/C11H8N4S3/c12-9-14-15-11(17-9)18-10-13-8(6-16-10)7-4-2-1-3-5-7/h1-6H,(H2,12,14). The molecule has 0 radical (unpaired) electrons. The first-order valence-electron chi connectivity index (χ1n) is 5.09. The van der Waals surface area contributed by atoms with Crippen LogP contribution in [0.15, 0.2) is 44.4 Å². The first kappa shape index (κ1) is 11.6. The highest BCUT2D eigenvalue weighted by atomic mass is 32.2. The summed E-state index contributed by atoms with van der Waals surface area (Å²) in [5.74, 6) is 0. The van der Waals surface area contributed by atoms with E-state index in [2.05, 4.69) is 15.2 Å². The van der Waals surface area contributed by atoms with Crippen molar-refractivity contribution in [2.75, 3.05) is 5.73 Å². The van der Waals surface area contributed by atoms with Gasteiger partial charge in [-0.3, -0.25) is 0 Å². The summed E-state index contributed by atoms with van der Waals surface area (Å²) in [6.07, 6.45) is 0. The Morgan fingerprint density at radius 1 is 1.06 bits per heavy atom. The van der Waals surface area contributed by atoms with Gasteiger partial charge in [-0.15, -0.1) is 21.5 Å². The second kappa shape index (κ2) is 5.05. The fourth-order valence-electron chi connectivity index (χ4n) is 1.38. The van der Waals surface area contributed by atoms with Crippen molar-refractivity contribution in [3.8, 4) is 11.3 Å². The Morgan fingerprint density at radius 2 is 1.89 bits per heavy atom. The summed E-state index contributed by atoms with van der Waals surface area (Å²) in [6.45, 7) is 0. The Bertz CT molecular complexity index is 647. The lowest BCUT2D eigenvalue weighted by Crippen LogP contribution is -1.79. The predicted molar refractivity (Wildman–Crippen MR) is 76.0 cm³/mol. The molecule has 0 saturated heterocycles. The second-order valence-electron chi connectivity index (χ2n) is 3.37. The van der Waals surface area contributed by atoms with Crippen LogP contribution < -0.4 is 5.73 Å². The van der Waals surface area contributed by atoms with E-state index >= 15 is 0 Å². The van der Waals surface area contributed by atoms with Gasteiger partial charge in [-0.2, -0.15) is 0 Å². The molecule has 0 aliphatic heterocycles. The van der Waals surface area contributed by atoms with Crippen LogP contribution in [0.3, 0.4) is 0 Å². The van der Waals surface area contributed by atoms with Crippen molar-refractivity contribution in [2.24, 2.45) is 0 Å². The highest BCUT2D eigenvalue weighted by molar-refractivity contribution is 8.02. The molecule has 2 aromatic heterocycles. The second-order valence-corrected chi connectivity index (χ2v) is 6.73. The van der Waals surface area contributed by atoms with Crippen molar-refractivity contribution in [3.63, 3.8) is 0 Å². The van der Waals surface area contributed by atoms with Gasteiger partial charge in [0.05, 0.1) is 5.69 Å². The van der Waals surface area contributed by atoms with E-state index in [4.69, 9.17) is 5.73 Å². The van der Waals surface area contributed by atoms with E-state index < -0.39 is 0 Å². The molecule has 4 nitrogen and oxygen atoms in total. The third kappa shape index (κ3) is 2.53. The van der Waals surface area contributed by atoms with Gasteiger partial charge < -0.3 is 5.73 Å². The van der Waals surface area contributed by atoms with Gasteiger partial charge in [0, 0.05) is 10.9 Å². The maximum Gasteiger partial charge on any atom is 0.203 e.